The van der Waals surface area contributed by atoms with Crippen molar-refractivity contribution < 1.29 is 17.5 Å². The molecule has 0 radical (unpaired) electrons. The number of nitrogens with zero attached hydrogens (tertiary/aromatic N) is 1. The van der Waals surface area contributed by atoms with Crippen LogP contribution >= 0.6 is 15.9 Å². The maximum Gasteiger partial charge on any atom is 0.276 e. The van der Waals surface area contributed by atoms with Gasteiger partial charge >= 0.3 is 0 Å². The fourth-order valence-electron chi connectivity index (χ4n) is 2.31. The predicted molar refractivity (Wildman–Crippen MR) is 109 cm³/mol. The van der Waals surface area contributed by atoms with Crippen LogP contribution in [0.2, 0.25) is 0 Å². The molecule has 8 heteroatoms. The van der Waals surface area contributed by atoms with Crippen LogP contribution in [0.25, 0.3) is 0 Å². The van der Waals surface area contributed by atoms with Crippen LogP contribution in [0.15, 0.2) is 87.3 Å². The number of hydrogen-bond donors (Lipinski definition) is 1. The van der Waals surface area contributed by atoms with Crippen LogP contribution in [0.1, 0.15) is 11.1 Å². The molecule has 0 bridgehead atoms. The van der Waals surface area contributed by atoms with E-state index >= 15 is 0 Å². The van der Waals surface area contributed by atoms with Gasteiger partial charge in [-0.15, -0.1) is 0 Å². The lowest BCUT2D eigenvalue weighted by molar-refractivity contribution is 0.305. The molecule has 0 saturated carbocycles. The van der Waals surface area contributed by atoms with E-state index in [2.05, 4.69) is 25.9 Å². The highest BCUT2D eigenvalue weighted by atomic mass is 79.9. The second-order valence-electron chi connectivity index (χ2n) is 5.76. The summed E-state index contributed by atoms with van der Waals surface area (Å²) in [6.07, 6.45) is 1.37. The minimum atomic E-state index is -3.75. The molecule has 0 amide bonds. The molecule has 0 aromatic heterocycles. The number of nitrogens with one attached hydrogen (secondary N) is 1. The SMILES string of the molecule is O=S(=O)(N/N=C\c1cc(Br)ccc1OCc1ccc(F)cc1)c1ccccc1. The third-order valence-corrected chi connectivity index (χ3v) is 5.44. The highest BCUT2D eigenvalue weighted by Gasteiger charge is 2.11. The number of sulfonamides is 1. The summed E-state index contributed by atoms with van der Waals surface area (Å²) in [4.78, 5) is 2.30. The Kier molecular flexibility index (Phi) is 6.43. The van der Waals surface area contributed by atoms with E-state index in [0.29, 0.717) is 11.3 Å². The molecule has 0 saturated heterocycles. The molecular formula is C20H16BrFN2O3S. The Morgan fingerprint density at radius 2 is 1.75 bits per heavy atom. The van der Waals surface area contributed by atoms with E-state index in [1.54, 1.807) is 48.5 Å². The van der Waals surface area contributed by atoms with E-state index in [9.17, 15) is 12.8 Å². The number of ether oxygens (including phenoxy) is 1. The van der Waals surface area contributed by atoms with Crippen LogP contribution in [0.5, 0.6) is 5.75 Å². The van der Waals surface area contributed by atoms with Gasteiger partial charge in [0.2, 0.25) is 0 Å². The summed E-state index contributed by atoms with van der Waals surface area (Å²) < 4.78 is 44.0. The number of halogens is 2. The summed E-state index contributed by atoms with van der Waals surface area (Å²) in [5, 5.41) is 3.84. The minimum Gasteiger partial charge on any atom is -0.488 e. The monoisotopic (exact) mass is 462 g/mol. The van der Waals surface area contributed by atoms with Gasteiger partial charge in [-0.05, 0) is 48.0 Å². The Balaban J connectivity index is 1.73. The fourth-order valence-corrected chi connectivity index (χ4v) is 3.50. The first kappa shape index (κ1) is 20.0. The molecule has 28 heavy (non-hydrogen) atoms. The van der Waals surface area contributed by atoms with E-state index in [1.165, 1.54) is 30.5 Å². The lowest BCUT2D eigenvalue weighted by atomic mass is 10.2. The van der Waals surface area contributed by atoms with Gasteiger partial charge in [0.15, 0.2) is 0 Å². The summed E-state index contributed by atoms with van der Waals surface area (Å²) in [6, 6.07) is 19.2. The van der Waals surface area contributed by atoms with E-state index < -0.39 is 10.0 Å². The van der Waals surface area contributed by atoms with Gasteiger partial charge in [0, 0.05) is 10.0 Å². The van der Waals surface area contributed by atoms with Crippen LogP contribution in [-0.4, -0.2) is 14.6 Å². The summed E-state index contributed by atoms with van der Waals surface area (Å²) >= 11 is 3.37. The van der Waals surface area contributed by atoms with E-state index in [0.717, 1.165) is 10.0 Å². The predicted octanol–water partition coefficient (Wildman–Crippen LogP) is 4.48. The van der Waals surface area contributed by atoms with Crippen molar-refractivity contribution in [1.29, 1.82) is 0 Å². The zero-order chi connectivity index (χ0) is 20.0. The van der Waals surface area contributed by atoms with Crippen molar-refractivity contribution in [3.8, 4) is 5.75 Å². The van der Waals surface area contributed by atoms with Crippen molar-refractivity contribution >= 4 is 32.2 Å². The summed E-state index contributed by atoms with van der Waals surface area (Å²) in [7, 11) is -3.75. The third kappa shape index (κ3) is 5.40. The average Bonchev–Trinajstić information content (AvgIpc) is 2.69. The molecule has 1 N–H and O–H groups in total. The number of hydrazone groups is 1. The van der Waals surface area contributed by atoms with E-state index in [-0.39, 0.29) is 17.3 Å². The van der Waals surface area contributed by atoms with Gasteiger partial charge in [-0.25, -0.2) is 9.22 Å². The van der Waals surface area contributed by atoms with Crippen LogP contribution < -0.4 is 9.57 Å². The van der Waals surface area contributed by atoms with Gasteiger partial charge in [-0.3, -0.25) is 0 Å². The molecule has 0 heterocycles. The van der Waals surface area contributed by atoms with E-state index in [4.69, 9.17) is 4.74 Å². The van der Waals surface area contributed by atoms with Crippen LogP contribution in [0.3, 0.4) is 0 Å². The van der Waals surface area contributed by atoms with Gasteiger partial charge in [-0.2, -0.15) is 13.5 Å². The zero-order valence-corrected chi connectivity index (χ0v) is 17.0. The van der Waals surface area contributed by atoms with Crippen molar-refractivity contribution in [2.75, 3.05) is 0 Å². The molecule has 144 valence electrons. The lowest BCUT2D eigenvalue weighted by Gasteiger charge is -2.10. The summed E-state index contributed by atoms with van der Waals surface area (Å²) in [5.41, 5.74) is 1.38. The van der Waals surface area contributed by atoms with Crippen molar-refractivity contribution in [3.05, 3.63) is 94.2 Å². The van der Waals surface area contributed by atoms with Crippen molar-refractivity contribution in [1.82, 2.24) is 4.83 Å². The molecule has 0 aliphatic heterocycles. The van der Waals surface area contributed by atoms with Gasteiger partial charge in [0.25, 0.3) is 10.0 Å². The Labute approximate surface area is 171 Å². The van der Waals surface area contributed by atoms with Gasteiger partial charge < -0.3 is 4.74 Å². The molecule has 0 unspecified atom stereocenters. The Morgan fingerprint density at radius 3 is 2.46 bits per heavy atom. The quantitative estimate of drug-likeness (QED) is 0.415. The van der Waals surface area contributed by atoms with E-state index in [1.807, 2.05) is 0 Å². The van der Waals surface area contributed by atoms with Crippen LogP contribution in [0, 0.1) is 5.82 Å². The summed E-state index contributed by atoms with van der Waals surface area (Å²) in [5.74, 6) is 0.195. The molecule has 3 rings (SSSR count). The number of hydrogen-bond acceptors (Lipinski definition) is 4. The second-order valence-corrected chi connectivity index (χ2v) is 8.34. The Bertz CT molecular complexity index is 1070. The van der Waals surface area contributed by atoms with Crippen molar-refractivity contribution in [2.24, 2.45) is 5.10 Å². The first-order chi connectivity index (χ1) is 13.4. The number of benzene rings is 3. The molecule has 0 fully saturated rings. The zero-order valence-electron chi connectivity index (χ0n) is 14.5. The van der Waals surface area contributed by atoms with Crippen LogP contribution in [-0.2, 0) is 16.6 Å². The molecule has 3 aromatic carbocycles. The Morgan fingerprint density at radius 1 is 1.04 bits per heavy atom. The standard InChI is InChI=1S/C20H16BrFN2O3S/c21-17-8-11-20(27-14-15-6-9-18(22)10-7-15)16(12-17)13-23-24-28(25,26)19-4-2-1-3-5-19/h1-13,24H,14H2/b23-13-. The Hall–Kier alpha value is -2.71. The highest BCUT2D eigenvalue weighted by molar-refractivity contribution is 9.10. The average molecular weight is 463 g/mol. The van der Waals surface area contributed by atoms with Gasteiger partial charge in [0.1, 0.15) is 18.2 Å². The highest BCUT2D eigenvalue weighted by Crippen LogP contribution is 2.23. The van der Waals surface area contributed by atoms with Crippen molar-refractivity contribution in [3.63, 3.8) is 0 Å². The van der Waals surface area contributed by atoms with Crippen molar-refractivity contribution in [2.45, 2.75) is 11.5 Å². The molecule has 0 atom stereocenters. The molecule has 0 aliphatic rings. The molecule has 5 nitrogen and oxygen atoms in total. The second kappa shape index (κ2) is 8.99. The largest absolute Gasteiger partial charge is 0.488 e. The summed E-state index contributed by atoms with van der Waals surface area (Å²) in [6.45, 7) is 0.235. The fraction of sp³-hybridized carbons (Fsp3) is 0.0500. The number of rotatable bonds is 7. The minimum absolute atomic E-state index is 0.120. The lowest BCUT2D eigenvalue weighted by Crippen LogP contribution is -2.18. The van der Waals surface area contributed by atoms with Gasteiger partial charge in [-0.1, -0.05) is 46.3 Å². The third-order valence-electron chi connectivity index (χ3n) is 3.71. The maximum absolute atomic E-state index is 13.0. The maximum atomic E-state index is 13.0. The molecule has 0 aliphatic carbocycles. The molecule has 3 aromatic rings. The first-order valence-corrected chi connectivity index (χ1v) is 10.5. The molecular weight excluding hydrogens is 447 g/mol. The topological polar surface area (TPSA) is 67.8 Å². The molecule has 0 spiro atoms. The normalized spacial score (nSPS) is 11.5. The van der Waals surface area contributed by atoms with Crippen LogP contribution in [0.4, 0.5) is 4.39 Å². The van der Waals surface area contributed by atoms with Gasteiger partial charge in [0.05, 0.1) is 11.1 Å². The first-order valence-electron chi connectivity index (χ1n) is 8.21. The smallest absolute Gasteiger partial charge is 0.276 e.